The summed E-state index contributed by atoms with van der Waals surface area (Å²) in [6.07, 6.45) is -4.79. The van der Waals surface area contributed by atoms with Crippen LogP contribution in [-0.2, 0) is 6.18 Å². The van der Waals surface area contributed by atoms with Crippen LogP contribution in [0.15, 0.2) is 54.6 Å². The fraction of sp³-hybridized carbons (Fsp3) is 0.259. The molecule has 13 heteroatoms. The summed E-state index contributed by atoms with van der Waals surface area (Å²) in [7, 11) is 2.85. The minimum Gasteiger partial charge on any atom is -0.493 e. The Labute approximate surface area is 225 Å². The number of aromatic nitrogens is 3. The van der Waals surface area contributed by atoms with Crippen LogP contribution < -0.4 is 9.47 Å². The number of piperazine rings is 1. The number of hydrogen-bond acceptors (Lipinski definition) is 6. The van der Waals surface area contributed by atoms with Crippen LogP contribution in [0.3, 0.4) is 0 Å². The normalized spacial score (nSPS) is 13.9. The summed E-state index contributed by atoms with van der Waals surface area (Å²) < 4.78 is 66.7. The standard InChI is InChI=1S/C27H23F4N5O4/c1-39-21-7-6-16(13-22(21)40-2)19-14-23(27(29,30)31)36-24(32-19)15-20(33-36)26(38)35-10-8-34(9-11-35)25(37)17-4-3-5-18(28)12-17/h3-7,12-15H,8-11H2,1-2H3. The van der Waals surface area contributed by atoms with Gasteiger partial charge in [0.05, 0.1) is 19.9 Å². The van der Waals surface area contributed by atoms with E-state index in [1.807, 2.05) is 0 Å². The second-order valence-electron chi connectivity index (χ2n) is 8.99. The first-order valence-electron chi connectivity index (χ1n) is 12.1. The third kappa shape index (κ3) is 5.14. The molecule has 0 radical (unpaired) electrons. The molecule has 40 heavy (non-hydrogen) atoms. The van der Waals surface area contributed by atoms with Crippen LogP contribution in [0.25, 0.3) is 16.9 Å². The van der Waals surface area contributed by atoms with Crippen molar-refractivity contribution < 1.29 is 36.6 Å². The number of benzene rings is 2. The molecule has 208 valence electrons. The zero-order chi connectivity index (χ0) is 28.6. The first kappa shape index (κ1) is 26.9. The van der Waals surface area contributed by atoms with Crippen LogP contribution in [0.1, 0.15) is 26.5 Å². The lowest BCUT2D eigenvalue weighted by molar-refractivity contribution is -0.142. The second-order valence-corrected chi connectivity index (χ2v) is 8.99. The average Bonchev–Trinajstić information content (AvgIpc) is 3.39. The summed E-state index contributed by atoms with van der Waals surface area (Å²) >= 11 is 0. The predicted octanol–water partition coefficient (Wildman–Crippen LogP) is 4.17. The number of amides is 2. The minimum absolute atomic E-state index is 0.00384. The highest BCUT2D eigenvalue weighted by molar-refractivity contribution is 5.95. The second kappa shape index (κ2) is 10.5. The molecule has 1 aliphatic heterocycles. The van der Waals surface area contributed by atoms with Crippen LogP contribution in [0, 0.1) is 5.82 Å². The van der Waals surface area contributed by atoms with Gasteiger partial charge in [-0.25, -0.2) is 13.9 Å². The Bertz CT molecular complexity index is 1600. The molecule has 2 amide bonds. The quantitative estimate of drug-likeness (QED) is 0.343. The van der Waals surface area contributed by atoms with Gasteiger partial charge in [0.1, 0.15) is 5.82 Å². The summed E-state index contributed by atoms with van der Waals surface area (Å²) in [4.78, 5) is 33.1. The number of alkyl halides is 3. The molecular weight excluding hydrogens is 534 g/mol. The molecule has 0 saturated carbocycles. The van der Waals surface area contributed by atoms with Gasteiger partial charge >= 0.3 is 6.18 Å². The first-order chi connectivity index (χ1) is 19.1. The van der Waals surface area contributed by atoms with Gasteiger partial charge in [-0.2, -0.15) is 18.3 Å². The van der Waals surface area contributed by atoms with Crippen molar-refractivity contribution in [3.8, 4) is 22.8 Å². The molecule has 0 unspecified atom stereocenters. The number of ether oxygens (including phenoxy) is 2. The fourth-order valence-electron chi connectivity index (χ4n) is 4.50. The summed E-state index contributed by atoms with van der Waals surface area (Å²) in [6.45, 7) is 0.600. The number of nitrogens with zero attached hydrogens (tertiary/aromatic N) is 5. The third-order valence-electron chi connectivity index (χ3n) is 6.54. The van der Waals surface area contributed by atoms with Gasteiger partial charge < -0.3 is 19.3 Å². The Balaban J connectivity index is 1.41. The Morgan fingerprint density at radius 2 is 1.52 bits per heavy atom. The molecule has 0 spiro atoms. The largest absolute Gasteiger partial charge is 0.493 e. The van der Waals surface area contributed by atoms with Crippen molar-refractivity contribution in [2.24, 2.45) is 0 Å². The highest BCUT2D eigenvalue weighted by Gasteiger charge is 2.36. The lowest BCUT2D eigenvalue weighted by atomic mass is 10.1. The van der Waals surface area contributed by atoms with E-state index in [0.29, 0.717) is 21.6 Å². The molecular formula is C27H23F4N5O4. The Morgan fingerprint density at radius 1 is 0.850 bits per heavy atom. The highest BCUT2D eigenvalue weighted by atomic mass is 19.4. The van der Waals surface area contributed by atoms with Crippen molar-refractivity contribution in [2.45, 2.75) is 6.18 Å². The van der Waals surface area contributed by atoms with Crippen LogP contribution in [0.5, 0.6) is 11.5 Å². The molecule has 4 aromatic rings. The molecule has 1 aliphatic rings. The fourth-order valence-corrected chi connectivity index (χ4v) is 4.50. The SMILES string of the molecule is COc1ccc(-c2cc(C(F)(F)F)n3nc(C(=O)N4CCN(C(=O)c5cccc(F)c5)CC4)cc3n2)cc1OC. The first-order valence-corrected chi connectivity index (χ1v) is 12.1. The molecule has 1 fully saturated rings. The smallest absolute Gasteiger partial charge is 0.433 e. The molecule has 3 heterocycles. The van der Waals surface area contributed by atoms with Gasteiger partial charge in [0.15, 0.2) is 28.5 Å². The van der Waals surface area contributed by atoms with Crippen molar-refractivity contribution in [3.05, 3.63) is 77.4 Å². The molecule has 0 atom stereocenters. The van der Waals surface area contributed by atoms with Crippen LogP contribution >= 0.6 is 0 Å². The third-order valence-corrected chi connectivity index (χ3v) is 6.54. The summed E-state index contributed by atoms with van der Waals surface area (Å²) in [5, 5.41) is 3.94. The zero-order valence-electron chi connectivity index (χ0n) is 21.4. The molecule has 0 N–H and O–H groups in total. The topological polar surface area (TPSA) is 89.3 Å². The van der Waals surface area contributed by atoms with E-state index in [9.17, 15) is 27.2 Å². The number of rotatable bonds is 5. The highest BCUT2D eigenvalue weighted by Crippen LogP contribution is 2.35. The summed E-state index contributed by atoms with van der Waals surface area (Å²) in [6, 6.07) is 12.0. The van der Waals surface area contributed by atoms with E-state index in [4.69, 9.17) is 9.47 Å². The number of fused-ring (bicyclic) bond motifs is 1. The number of hydrogen-bond donors (Lipinski definition) is 0. The van der Waals surface area contributed by atoms with E-state index >= 15 is 0 Å². The lowest BCUT2D eigenvalue weighted by Gasteiger charge is -2.34. The molecule has 0 bridgehead atoms. The Kier molecular flexibility index (Phi) is 7.04. The lowest BCUT2D eigenvalue weighted by Crippen LogP contribution is -2.50. The van der Waals surface area contributed by atoms with Crippen LogP contribution in [0.4, 0.5) is 17.6 Å². The Hall–Kier alpha value is -4.68. The van der Waals surface area contributed by atoms with Gasteiger partial charge in [-0.05, 0) is 42.5 Å². The van der Waals surface area contributed by atoms with E-state index in [-0.39, 0.29) is 54.7 Å². The van der Waals surface area contributed by atoms with Crippen molar-refractivity contribution >= 4 is 17.5 Å². The Morgan fingerprint density at radius 3 is 2.15 bits per heavy atom. The van der Waals surface area contributed by atoms with Gasteiger partial charge in [-0.15, -0.1) is 0 Å². The molecule has 9 nitrogen and oxygen atoms in total. The maximum absolute atomic E-state index is 14.0. The minimum atomic E-state index is -4.79. The van der Waals surface area contributed by atoms with Crippen molar-refractivity contribution in [1.82, 2.24) is 24.4 Å². The van der Waals surface area contributed by atoms with Gasteiger partial charge in [-0.1, -0.05) is 6.07 Å². The number of methoxy groups -OCH3 is 2. The number of carbonyl (C=O) groups excluding carboxylic acids is 2. The van der Waals surface area contributed by atoms with E-state index in [0.717, 1.165) is 12.1 Å². The van der Waals surface area contributed by atoms with Crippen molar-refractivity contribution in [3.63, 3.8) is 0 Å². The van der Waals surface area contributed by atoms with Gasteiger partial charge in [-0.3, -0.25) is 9.59 Å². The summed E-state index contributed by atoms with van der Waals surface area (Å²) in [5.41, 5.74) is -0.943. The van der Waals surface area contributed by atoms with Gasteiger partial charge in [0.25, 0.3) is 11.8 Å². The maximum atomic E-state index is 14.0. The van der Waals surface area contributed by atoms with E-state index in [2.05, 4.69) is 10.1 Å². The van der Waals surface area contributed by atoms with Crippen LogP contribution in [-0.4, -0.2) is 76.6 Å². The number of carbonyl (C=O) groups is 2. The van der Waals surface area contributed by atoms with E-state index in [1.165, 1.54) is 54.4 Å². The molecule has 0 aliphatic carbocycles. The number of halogens is 4. The maximum Gasteiger partial charge on any atom is 0.433 e. The summed E-state index contributed by atoms with van der Waals surface area (Å²) in [5.74, 6) is -0.786. The van der Waals surface area contributed by atoms with E-state index < -0.39 is 23.6 Å². The van der Waals surface area contributed by atoms with E-state index in [1.54, 1.807) is 12.1 Å². The monoisotopic (exact) mass is 557 g/mol. The predicted molar refractivity (Wildman–Crippen MR) is 135 cm³/mol. The van der Waals surface area contributed by atoms with Crippen molar-refractivity contribution in [2.75, 3.05) is 40.4 Å². The van der Waals surface area contributed by atoms with Crippen molar-refractivity contribution in [1.29, 1.82) is 0 Å². The van der Waals surface area contributed by atoms with Gasteiger partial charge in [0, 0.05) is 43.4 Å². The molecule has 5 rings (SSSR count). The zero-order valence-corrected chi connectivity index (χ0v) is 21.4. The van der Waals surface area contributed by atoms with Crippen LogP contribution in [0.2, 0.25) is 0 Å². The average molecular weight is 558 g/mol. The molecule has 2 aromatic carbocycles. The van der Waals surface area contributed by atoms with Gasteiger partial charge in [0.2, 0.25) is 0 Å². The molecule has 2 aromatic heterocycles. The molecule has 1 saturated heterocycles.